The second kappa shape index (κ2) is 3.31. The number of hydrogen-bond donors (Lipinski definition) is 2. The lowest BCUT2D eigenvalue weighted by Crippen LogP contribution is -2.04. The van der Waals surface area contributed by atoms with Crippen molar-refractivity contribution in [3.05, 3.63) is 42.0 Å². The van der Waals surface area contributed by atoms with Crippen molar-refractivity contribution in [1.29, 1.82) is 0 Å². The van der Waals surface area contributed by atoms with E-state index in [2.05, 4.69) is 18.2 Å². The minimum atomic E-state index is 0.0546. The molecular formula is C12H14N2. The van der Waals surface area contributed by atoms with Gasteiger partial charge in [0.2, 0.25) is 0 Å². The van der Waals surface area contributed by atoms with Crippen molar-refractivity contribution in [2.45, 2.75) is 13.0 Å². The van der Waals surface area contributed by atoms with Crippen molar-refractivity contribution in [2.24, 2.45) is 5.73 Å². The van der Waals surface area contributed by atoms with Crippen LogP contribution in [0.5, 0.6) is 0 Å². The van der Waals surface area contributed by atoms with Crippen LogP contribution in [0.3, 0.4) is 0 Å². The molecule has 72 valence electrons. The second-order valence-electron chi connectivity index (χ2n) is 3.62. The fraction of sp³-hybridized carbons (Fsp3) is 0.167. The highest BCUT2D eigenvalue weighted by atomic mass is 14.6. The third-order valence-corrected chi connectivity index (χ3v) is 2.47. The molecule has 2 nitrogen and oxygen atoms in total. The number of anilines is 1. The minimum Gasteiger partial charge on any atom is -0.398 e. The SMILES string of the molecule is CC(N)c1ccc2cccc(N)c2c1. The molecule has 2 aromatic rings. The fourth-order valence-electron chi connectivity index (χ4n) is 1.60. The van der Waals surface area contributed by atoms with Crippen LogP contribution in [0.4, 0.5) is 5.69 Å². The van der Waals surface area contributed by atoms with Crippen LogP contribution < -0.4 is 11.5 Å². The summed E-state index contributed by atoms with van der Waals surface area (Å²) in [6, 6.07) is 12.2. The van der Waals surface area contributed by atoms with Crippen molar-refractivity contribution >= 4 is 16.5 Å². The first-order valence-corrected chi connectivity index (χ1v) is 4.72. The van der Waals surface area contributed by atoms with Gasteiger partial charge >= 0.3 is 0 Å². The highest BCUT2D eigenvalue weighted by Crippen LogP contribution is 2.23. The number of hydrogen-bond acceptors (Lipinski definition) is 2. The number of nitrogen functional groups attached to an aromatic ring is 1. The standard InChI is InChI=1S/C12H14N2/c1-8(13)10-6-5-9-3-2-4-12(14)11(9)7-10/h2-8H,13-14H2,1H3. The van der Waals surface area contributed by atoms with Gasteiger partial charge in [0.05, 0.1) is 0 Å². The molecule has 0 heterocycles. The van der Waals surface area contributed by atoms with Crippen molar-refractivity contribution in [1.82, 2.24) is 0 Å². The van der Waals surface area contributed by atoms with Gasteiger partial charge in [0.15, 0.2) is 0 Å². The molecule has 2 heteroatoms. The molecule has 0 spiro atoms. The van der Waals surface area contributed by atoms with E-state index in [1.54, 1.807) is 0 Å². The summed E-state index contributed by atoms with van der Waals surface area (Å²) in [7, 11) is 0. The Bertz CT molecular complexity index is 461. The average molecular weight is 186 g/mol. The Morgan fingerprint density at radius 3 is 2.64 bits per heavy atom. The summed E-state index contributed by atoms with van der Waals surface area (Å²) in [5, 5.41) is 2.25. The molecule has 0 aliphatic rings. The van der Waals surface area contributed by atoms with Crippen LogP contribution in [-0.4, -0.2) is 0 Å². The number of fused-ring (bicyclic) bond motifs is 1. The lowest BCUT2D eigenvalue weighted by atomic mass is 10.0. The Labute approximate surface area is 83.5 Å². The van der Waals surface area contributed by atoms with E-state index in [1.807, 2.05) is 25.1 Å². The zero-order valence-electron chi connectivity index (χ0n) is 8.20. The minimum absolute atomic E-state index is 0.0546. The van der Waals surface area contributed by atoms with Gasteiger partial charge in [-0.1, -0.05) is 24.3 Å². The van der Waals surface area contributed by atoms with E-state index < -0.39 is 0 Å². The highest BCUT2D eigenvalue weighted by molar-refractivity contribution is 5.93. The van der Waals surface area contributed by atoms with Crippen LogP contribution in [0.15, 0.2) is 36.4 Å². The van der Waals surface area contributed by atoms with Gasteiger partial charge in [0.25, 0.3) is 0 Å². The van der Waals surface area contributed by atoms with Gasteiger partial charge in [-0.15, -0.1) is 0 Å². The number of rotatable bonds is 1. The van der Waals surface area contributed by atoms with Gasteiger partial charge in [0.1, 0.15) is 0 Å². The van der Waals surface area contributed by atoms with Crippen LogP contribution >= 0.6 is 0 Å². The van der Waals surface area contributed by atoms with E-state index in [9.17, 15) is 0 Å². The first-order valence-electron chi connectivity index (χ1n) is 4.72. The molecule has 0 aromatic heterocycles. The third kappa shape index (κ3) is 1.44. The van der Waals surface area contributed by atoms with Gasteiger partial charge < -0.3 is 11.5 Å². The number of nitrogens with two attached hydrogens (primary N) is 2. The smallest absolute Gasteiger partial charge is 0.0393 e. The molecule has 0 aliphatic carbocycles. The first kappa shape index (κ1) is 9.03. The predicted octanol–water partition coefficient (Wildman–Crippen LogP) is 2.44. The predicted molar refractivity (Wildman–Crippen MR) is 61.0 cm³/mol. The lowest BCUT2D eigenvalue weighted by Gasteiger charge is -2.08. The van der Waals surface area contributed by atoms with E-state index >= 15 is 0 Å². The summed E-state index contributed by atoms with van der Waals surface area (Å²) in [5.74, 6) is 0. The maximum atomic E-state index is 5.88. The van der Waals surface area contributed by atoms with Crippen LogP contribution in [0, 0.1) is 0 Å². The molecule has 0 radical (unpaired) electrons. The Balaban J connectivity index is 2.70. The van der Waals surface area contributed by atoms with Crippen LogP contribution in [0.25, 0.3) is 10.8 Å². The summed E-state index contributed by atoms with van der Waals surface area (Å²) >= 11 is 0. The van der Waals surface area contributed by atoms with E-state index in [0.717, 1.165) is 22.0 Å². The summed E-state index contributed by atoms with van der Waals surface area (Å²) in [4.78, 5) is 0. The van der Waals surface area contributed by atoms with E-state index in [4.69, 9.17) is 11.5 Å². The molecule has 0 amide bonds. The third-order valence-electron chi connectivity index (χ3n) is 2.47. The quantitative estimate of drug-likeness (QED) is 0.672. The van der Waals surface area contributed by atoms with Gasteiger partial charge in [-0.25, -0.2) is 0 Å². The maximum absolute atomic E-state index is 5.88. The van der Waals surface area contributed by atoms with E-state index in [0.29, 0.717) is 0 Å². The molecule has 1 atom stereocenters. The first-order chi connectivity index (χ1) is 6.68. The van der Waals surface area contributed by atoms with Gasteiger partial charge in [-0.2, -0.15) is 0 Å². The fourth-order valence-corrected chi connectivity index (χ4v) is 1.60. The van der Waals surface area contributed by atoms with Crippen molar-refractivity contribution in [2.75, 3.05) is 5.73 Å². The molecule has 1 unspecified atom stereocenters. The van der Waals surface area contributed by atoms with Gasteiger partial charge in [-0.05, 0) is 30.0 Å². The topological polar surface area (TPSA) is 52.0 Å². The second-order valence-corrected chi connectivity index (χ2v) is 3.62. The zero-order valence-corrected chi connectivity index (χ0v) is 8.20. The summed E-state index contributed by atoms with van der Waals surface area (Å²) in [5.41, 5.74) is 13.6. The molecule has 4 N–H and O–H groups in total. The van der Waals surface area contributed by atoms with Crippen LogP contribution in [-0.2, 0) is 0 Å². The highest BCUT2D eigenvalue weighted by Gasteiger charge is 2.02. The maximum Gasteiger partial charge on any atom is 0.0393 e. The normalized spacial score (nSPS) is 13.0. The summed E-state index contributed by atoms with van der Waals surface area (Å²) in [6.45, 7) is 1.97. The van der Waals surface area contributed by atoms with Gasteiger partial charge in [0, 0.05) is 17.1 Å². The molecule has 0 saturated carbocycles. The Morgan fingerprint density at radius 1 is 1.14 bits per heavy atom. The molecule has 14 heavy (non-hydrogen) atoms. The monoisotopic (exact) mass is 186 g/mol. The van der Waals surface area contributed by atoms with E-state index in [1.165, 1.54) is 0 Å². The van der Waals surface area contributed by atoms with E-state index in [-0.39, 0.29) is 6.04 Å². The van der Waals surface area contributed by atoms with Crippen molar-refractivity contribution < 1.29 is 0 Å². The molecule has 2 rings (SSSR count). The van der Waals surface area contributed by atoms with Crippen LogP contribution in [0.2, 0.25) is 0 Å². The molecule has 0 aliphatic heterocycles. The van der Waals surface area contributed by atoms with Crippen molar-refractivity contribution in [3.8, 4) is 0 Å². The Hall–Kier alpha value is -1.54. The largest absolute Gasteiger partial charge is 0.398 e. The Morgan fingerprint density at radius 2 is 1.93 bits per heavy atom. The average Bonchev–Trinajstić information content (AvgIpc) is 2.18. The molecule has 0 bridgehead atoms. The van der Waals surface area contributed by atoms with Crippen molar-refractivity contribution in [3.63, 3.8) is 0 Å². The molecule has 2 aromatic carbocycles. The molecule has 0 saturated heterocycles. The summed E-state index contributed by atoms with van der Waals surface area (Å²) in [6.07, 6.45) is 0. The molecular weight excluding hydrogens is 172 g/mol. The molecule has 0 fully saturated rings. The zero-order chi connectivity index (χ0) is 10.1. The van der Waals surface area contributed by atoms with Crippen LogP contribution in [0.1, 0.15) is 18.5 Å². The number of benzene rings is 2. The summed E-state index contributed by atoms with van der Waals surface area (Å²) < 4.78 is 0. The van der Waals surface area contributed by atoms with Gasteiger partial charge in [-0.3, -0.25) is 0 Å². The lowest BCUT2D eigenvalue weighted by molar-refractivity contribution is 0.820. The Kier molecular flexibility index (Phi) is 2.14.